The van der Waals surface area contributed by atoms with E-state index in [1.807, 2.05) is 16.9 Å². The number of aromatic nitrogens is 3. The minimum absolute atomic E-state index is 0.125. The number of anilines is 2. The lowest BCUT2D eigenvalue weighted by atomic mass is 9.80. The molecule has 2 aliphatic rings. The molecule has 2 fully saturated rings. The second kappa shape index (κ2) is 7.80. The van der Waals surface area contributed by atoms with Gasteiger partial charge in [-0.1, -0.05) is 20.8 Å². The van der Waals surface area contributed by atoms with Crippen LogP contribution in [-0.2, 0) is 0 Å². The van der Waals surface area contributed by atoms with Crippen LogP contribution in [0.2, 0.25) is 0 Å². The molecule has 1 amide bonds. The van der Waals surface area contributed by atoms with Gasteiger partial charge in [-0.05, 0) is 55.2 Å². The highest BCUT2D eigenvalue weighted by Crippen LogP contribution is 2.44. The van der Waals surface area contributed by atoms with E-state index in [0.717, 1.165) is 47.7 Å². The smallest absolute Gasteiger partial charge is 0.252 e. The lowest BCUT2D eigenvalue weighted by molar-refractivity contribution is 0.100. The van der Waals surface area contributed by atoms with Crippen molar-refractivity contribution in [2.24, 2.45) is 17.1 Å². The number of pyridine rings is 1. The molecular formula is C25H32N6O. The second-order valence-corrected chi connectivity index (χ2v) is 9.95. The van der Waals surface area contributed by atoms with Crippen molar-refractivity contribution >= 4 is 22.9 Å². The van der Waals surface area contributed by atoms with Gasteiger partial charge in [-0.2, -0.15) is 5.10 Å². The number of hydrogen-bond acceptors (Lipinski definition) is 5. The molecule has 1 aliphatic heterocycles. The maximum Gasteiger partial charge on any atom is 0.252 e. The Kier molecular flexibility index (Phi) is 5.07. The molecule has 1 saturated heterocycles. The average Bonchev–Trinajstić information content (AvgIpc) is 3.50. The number of primary amides is 1. The molecule has 4 heterocycles. The van der Waals surface area contributed by atoms with E-state index >= 15 is 0 Å². The largest absolute Gasteiger partial charge is 0.379 e. The molecule has 2 atom stereocenters. The van der Waals surface area contributed by atoms with Crippen molar-refractivity contribution in [3.63, 3.8) is 0 Å². The number of carbonyl (C=O) groups excluding carboxylic acids is 1. The van der Waals surface area contributed by atoms with Crippen LogP contribution in [0.5, 0.6) is 0 Å². The number of carbonyl (C=O) groups is 1. The maximum absolute atomic E-state index is 12.2. The Labute approximate surface area is 189 Å². The molecule has 1 aliphatic carbocycles. The van der Waals surface area contributed by atoms with Crippen LogP contribution < -0.4 is 16.0 Å². The average molecular weight is 433 g/mol. The van der Waals surface area contributed by atoms with Crippen molar-refractivity contribution in [2.75, 3.05) is 23.3 Å². The monoisotopic (exact) mass is 432 g/mol. The Morgan fingerprint density at radius 1 is 1.16 bits per heavy atom. The lowest BCUT2D eigenvalue weighted by Gasteiger charge is -2.33. The zero-order chi connectivity index (χ0) is 22.5. The van der Waals surface area contributed by atoms with E-state index in [1.54, 1.807) is 6.20 Å². The fraction of sp³-hybridized carbons (Fsp3) is 0.480. The van der Waals surface area contributed by atoms with E-state index in [2.05, 4.69) is 54.3 Å². The summed E-state index contributed by atoms with van der Waals surface area (Å²) in [5.74, 6) is 1.17. The van der Waals surface area contributed by atoms with Gasteiger partial charge in [0.1, 0.15) is 5.82 Å². The van der Waals surface area contributed by atoms with Gasteiger partial charge in [0.25, 0.3) is 5.91 Å². The molecular weight excluding hydrogens is 400 g/mol. The number of amides is 1. The molecule has 0 aromatic carbocycles. The van der Waals surface area contributed by atoms with E-state index in [4.69, 9.17) is 10.7 Å². The molecule has 0 spiro atoms. The molecule has 168 valence electrons. The summed E-state index contributed by atoms with van der Waals surface area (Å²) in [5.41, 5.74) is 9.95. The Morgan fingerprint density at radius 3 is 2.56 bits per heavy atom. The highest BCUT2D eigenvalue weighted by molar-refractivity contribution is 6.02. The SMILES string of the molecule is CC1CC[C@@H](Nc2c(C(N)=O)cnn3cc(-c4ccc(N5CCCC5)nc4)cc23)C1(C)C. The third kappa shape index (κ3) is 3.49. The zero-order valence-corrected chi connectivity index (χ0v) is 19.1. The summed E-state index contributed by atoms with van der Waals surface area (Å²) in [6.45, 7) is 9.04. The van der Waals surface area contributed by atoms with E-state index in [9.17, 15) is 4.79 Å². The summed E-state index contributed by atoms with van der Waals surface area (Å²) in [4.78, 5) is 19.2. The molecule has 7 nitrogen and oxygen atoms in total. The standard InChI is InChI=1S/C25H32N6O/c1-16-6-8-21(25(16,2)3)29-23-19(24(26)32)14-28-31-15-18(12-20(23)31)17-7-9-22(27-13-17)30-10-4-5-11-30/h7,9,12-16,21,29H,4-6,8,10-11H2,1-3H3,(H2,26,32)/t16?,21-/m1/s1. The van der Waals surface area contributed by atoms with E-state index in [0.29, 0.717) is 11.5 Å². The van der Waals surface area contributed by atoms with Crippen LogP contribution in [0.3, 0.4) is 0 Å². The topological polar surface area (TPSA) is 88.5 Å². The summed E-state index contributed by atoms with van der Waals surface area (Å²) in [5, 5.41) is 8.14. The third-order valence-corrected chi connectivity index (χ3v) is 7.79. The summed E-state index contributed by atoms with van der Waals surface area (Å²) in [6.07, 6.45) is 10.2. The number of fused-ring (bicyclic) bond motifs is 1. The van der Waals surface area contributed by atoms with Crippen LogP contribution in [0.1, 0.15) is 56.8 Å². The molecule has 0 bridgehead atoms. The van der Waals surface area contributed by atoms with Crippen molar-refractivity contribution < 1.29 is 4.79 Å². The Balaban J connectivity index is 1.52. The van der Waals surface area contributed by atoms with Crippen molar-refractivity contribution in [1.29, 1.82) is 0 Å². The van der Waals surface area contributed by atoms with Crippen molar-refractivity contribution in [1.82, 2.24) is 14.6 Å². The summed E-state index contributed by atoms with van der Waals surface area (Å²) < 4.78 is 1.82. The van der Waals surface area contributed by atoms with Gasteiger partial charge in [0.05, 0.1) is 23.0 Å². The van der Waals surface area contributed by atoms with Crippen LogP contribution in [0.4, 0.5) is 11.5 Å². The number of rotatable bonds is 5. The molecule has 3 aromatic heterocycles. The molecule has 5 rings (SSSR count). The zero-order valence-electron chi connectivity index (χ0n) is 19.1. The first-order chi connectivity index (χ1) is 15.3. The summed E-state index contributed by atoms with van der Waals surface area (Å²) in [6, 6.07) is 6.54. The highest BCUT2D eigenvalue weighted by atomic mass is 16.1. The Morgan fingerprint density at radius 2 is 1.94 bits per heavy atom. The van der Waals surface area contributed by atoms with Crippen LogP contribution in [0, 0.1) is 11.3 Å². The second-order valence-electron chi connectivity index (χ2n) is 9.95. The minimum atomic E-state index is -0.467. The predicted molar refractivity (Wildman–Crippen MR) is 128 cm³/mol. The summed E-state index contributed by atoms with van der Waals surface area (Å²) in [7, 11) is 0. The molecule has 3 N–H and O–H groups in total. The van der Waals surface area contributed by atoms with Gasteiger partial charge in [0.2, 0.25) is 0 Å². The fourth-order valence-corrected chi connectivity index (χ4v) is 5.18. The number of nitrogens with one attached hydrogen (secondary N) is 1. The number of nitrogens with zero attached hydrogens (tertiary/aromatic N) is 4. The van der Waals surface area contributed by atoms with E-state index in [1.165, 1.54) is 19.3 Å². The molecule has 1 unspecified atom stereocenters. The van der Waals surface area contributed by atoms with Gasteiger partial charge in [-0.15, -0.1) is 0 Å². The Hall–Kier alpha value is -3.09. The maximum atomic E-state index is 12.2. The predicted octanol–water partition coefficient (Wildman–Crippen LogP) is 4.33. The van der Waals surface area contributed by atoms with E-state index in [-0.39, 0.29) is 11.5 Å². The molecule has 0 radical (unpaired) electrons. The van der Waals surface area contributed by atoms with Crippen LogP contribution >= 0.6 is 0 Å². The van der Waals surface area contributed by atoms with Crippen LogP contribution in [-0.4, -0.2) is 39.6 Å². The van der Waals surface area contributed by atoms with Gasteiger partial charge in [-0.25, -0.2) is 9.50 Å². The van der Waals surface area contributed by atoms with E-state index < -0.39 is 5.91 Å². The van der Waals surface area contributed by atoms with Crippen molar-refractivity contribution in [3.05, 3.63) is 42.4 Å². The summed E-state index contributed by atoms with van der Waals surface area (Å²) >= 11 is 0. The van der Waals surface area contributed by atoms with Gasteiger partial charge in [0, 0.05) is 42.7 Å². The molecule has 3 aromatic rings. The molecule has 7 heteroatoms. The van der Waals surface area contributed by atoms with Crippen molar-refractivity contribution in [3.8, 4) is 11.1 Å². The fourth-order valence-electron chi connectivity index (χ4n) is 5.18. The van der Waals surface area contributed by atoms with Gasteiger partial charge in [0.15, 0.2) is 0 Å². The lowest BCUT2D eigenvalue weighted by Crippen LogP contribution is -2.35. The van der Waals surface area contributed by atoms with Crippen LogP contribution in [0.15, 0.2) is 36.8 Å². The highest BCUT2D eigenvalue weighted by Gasteiger charge is 2.41. The minimum Gasteiger partial charge on any atom is -0.379 e. The number of hydrogen-bond donors (Lipinski definition) is 2. The quantitative estimate of drug-likeness (QED) is 0.626. The van der Waals surface area contributed by atoms with Crippen molar-refractivity contribution in [2.45, 2.75) is 52.5 Å². The molecule has 32 heavy (non-hydrogen) atoms. The van der Waals surface area contributed by atoms with Gasteiger partial charge >= 0.3 is 0 Å². The Bertz CT molecular complexity index is 1140. The van der Waals surface area contributed by atoms with Gasteiger partial charge < -0.3 is 16.0 Å². The third-order valence-electron chi connectivity index (χ3n) is 7.79. The number of nitrogens with two attached hydrogens (primary N) is 1. The van der Waals surface area contributed by atoms with Crippen LogP contribution in [0.25, 0.3) is 16.6 Å². The first-order valence-corrected chi connectivity index (χ1v) is 11.6. The normalized spacial score (nSPS) is 22.5. The first-order valence-electron chi connectivity index (χ1n) is 11.6. The first kappa shape index (κ1) is 20.8. The molecule has 1 saturated carbocycles. The van der Waals surface area contributed by atoms with Gasteiger partial charge in [-0.3, -0.25) is 4.79 Å².